The number of carboxylic acids is 2. The van der Waals surface area contributed by atoms with E-state index in [0.717, 1.165) is 9.25 Å². The zero-order valence-electron chi connectivity index (χ0n) is 34.2. The number of ether oxygens (including phenoxy) is 2. The first-order chi connectivity index (χ1) is 31.4. The minimum absolute atomic E-state index is 0.0189. The Morgan fingerprint density at radius 3 is 1.56 bits per heavy atom. The van der Waals surface area contributed by atoms with Gasteiger partial charge in [-0.15, -0.1) is 10.2 Å². The molecule has 0 spiro atoms. The van der Waals surface area contributed by atoms with E-state index < -0.39 is 94.2 Å². The van der Waals surface area contributed by atoms with E-state index in [2.05, 4.69) is 30.6 Å². The molecular formula is C38H36N12O16. The van der Waals surface area contributed by atoms with Crippen LogP contribution in [0.25, 0.3) is 22.5 Å². The monoisotopic (exact) mass is 916 g/mol. The number of nitro groups is 2. The van der Waals surface area contributed by atoms with E-state index in [9.17, 15) is 69.4 Å². The first-order valence-electron chi connectivity index (χ1n) is 19.5. The van der Waals surface area contributed by atoms with Crippen molar-refractivity contribution in [3.8, 4) is 22.5 Å². The number of nitro benzene ring substituents is 2. The highest BCUT2D eigenvalue weighted by atomic mass is 16.6. The molecule has 2 aliphatic heterocycles. The number of rotatable bonds is 12. The van der Waals surface area contributed by atoms with Crippen LogP contribution in [0.2, 0.25) is 0 Å². The second-order valence-electron chi connectivity index (χ2n) is 14.9. The molecule has 2 saturated heterocycles. The first kappa shape index (κ1) is 45.7. The van der Waals surface area contributed by atoms with Gasteiger partial charge in [0.25, 0.3) is 22.5 Å². The smallest absolute Gasteiger partial charge is 0.358 e. The van der Waals surface area contributed by atoms with Gasteiger partial charge in [0, 0.05) is 71.8 Å². The van der Waals surface area contributed by atoms with E-state index in [1.165, 1.54) is 84.0 Å². The van der Waals surface area contributed by atoms with Gasteiger partial charge in [0.1, 0.15) is 36.1 Å². The van der Waals surface area contributed by atoms with Gasteiger partial charge in [-0.25, -0.2) is 28.5 Å². The van der Waals surface area contributed by atoms with Crippen LogP contribution in [0.4, 0.5) is 11.4 Å². The third kappa shape index (κ3) is 8.78. The number of carboxylic acid groups (broad SMARTS) is 2. The Hall–Kier alpha value is -8.34. The number of non-ortho nitro benzene ring substituents is 2. The predicted octanol–water partition coefficient (Wildman–Crippen LogP) is 0.462. The van der Waals surface area contributed by atoms with E-state index in [4.69, 9.17) is 9.47 Å². The lowest BCUT2D eigenvalue weighted by Crippen LogP contribution is -2.33. The minimum Gasteiger partial charge on any atom is -0.476 e. The van der Waals surface area contributed by atoms with Crippen molar-refractivity contribution in [3.05, 3.63) is 145 Å². The van der Waals surface area contributed by atoms with Crippen LogP contribution in [-0.4, -0.2) is 117 Å². The molecule has 2 fully saturated rings. The number of hydrogen-bond donors (Lipinski definition) is 6. The third-order valence-electron chi connectivity index (χ3n) is 10.8. The van der Waals surface area contributed by atoms with Crippen molar-refractivity contribution in [1.82, 2.24) is 49.1 Å². The fourth-order valence-corrected chi connectivity index (χ4v) is 7.56. The standard InChI is InChI=1S/2C19H18N6O8/c1-9-7-23(19(30)20-17(9)27)14-6-12(13(8-26)33-14)24-16(15(18(28)29)21-22-24)10-2-4-11(5-3-10)25(31)32;1-9-7-23(19(30)20-17(9)27)14-6-12(13(8-26)33-14)24-16(18(28)29)15(21-22-24)10-2-4-11(5-3-10)25(31)32/h2*2-5,7,12-14,26H,6,8H2,1H3,(H,28,29)(H,20,27,30)/t2*12-,13+,14+/m00/s1. The average Bonchev–Trinajstić information content (AvgIpc) is 4.11. The van der Waals surface area contributed by atoms with Crippen LogP contribution in [0.5, 0.6) is 0 Å². The second kappa shape index (κ2) is 18.4. The van der Waals surface area contributed by atoms with Crippen LogP contribution in [0.15, 0.2) is 80.1 Å². The number of hydrogen-bond acceptors (Lipinski definition) is 18. The van der Waals surface area contributed by atoms with E-state index in [0.29, 0.717) is 11.1 Å². The summed E-state index contributed by atoms with van der Waals surface area (Å²) in [5.74, 6) is -2.72. The Kier molecular flexibility index (Phi) is 12.7. The van der Waals surface area contributed by atoms with Crippen LogP contribution in [0.3, 0.4) is 0 Å². The van der Waals surface area contributed by atoms with Gasteiger partial charge in [0.2, 0.25) is 0 Å². The van der Waals surface area contributed by atoms with Gasteiger partial charge in [-0.1, -0.05) is 10.4 Å². The van der Waals surface area contributed by atoms with Crippen LogP contribution in [-0.2, 0) is 9.47 Å². The molecule has 2 aliphatic rings. The minimum atomic E-state index is -1.36. The molecule has 66 heavy (non-hydrogen) atoms. The Balaban J connectivity index is 0.000000196. The Labute approximate surface area is 365 Å². The van der Waals surface area contributed by atoms with Crippen LogP contribution >= 0.6 is 0 Å². The zero-order valence-corrected chi connectivity index (χ0v) is 34.2. The van der Waals surface area contributed by atoms with E-state index in [-0.39, 0.29) is 58.1 Å². The summed E-state index contributed by atoms with van der Waals surface area (Å²) in [5.41, 5.74) is -2.33. The highest BCUT2D eigenvalue weighted by Gasteiger charge is 2.42. The molecular weight excluding hydrogens is 880 g/mol. The molecule has 2 aromatic carbocycles. The predicted molar refractivity (Wildman–Crippen MR) is 220 cm³/mol. The first-order valence-corrected chi connectivity index (χ1v) is 19.5. The molecule has 0 amide bonds. The molecule has 344 valence electrons. The molecule has 28 nitrogen and oxygen atoms in total. The number of aryl methyl sites for hydroxylation is 2. The Morgan fingerprint density at radius 1 is 0.697 bits per heavy atom. The summed E-state index contributed by atoms with van der Waals surface area (Å²) in [7, 11) is 0. The van der Waals surface area contributed by atoms with Gasteiger partial charge < -0.3 is 29.9 Å². The van der Waals surface area contributed by atoms with Gasteiger partial charge in [-0.2, -0.15) is 0 Å². The zero-order chi connectivity index (χ0) is 47.7. The van der Waals surface area contributed by atoms with E-state index in [1.807, 2.05) is 0 Å². The lowest BCUT2D eigenvalue weighted by Gasteiger charge is -2.18. The van der Waals surface area contributed by atoms with E-state index >= 15 is 0 Å². The molecule has 0 aliphatic carbocycles. The molecule has 0 saturated carbocycles. The normalized spacial score (nSPS) is 20.1. The number of carbonyl (C=O) groups is 2. The number of aromatic carboxylic acids is 2. The van der Waals surface area contributed by atoms with Crippen molar-refractivity contribution >= 4 is 23.3 Å². The number of aromatic nitrogens is 10. The van der Waals surface area contributed by atoms with Crippen molar-refractivity contribution < 1.29 is 49.3 Å². The number of nitrogens with zero attached hydrogens (tertiary/aromatic N) is 10. The maximum atomic E-state index is 12.3. The van der Waals surface area contributed by atoms with Gasteiger partial charge in [0.15, 0.2) is 11.4 Å². The molecule has 4 aromatic heterocycles. The number of H-pyrrole nitrogens is 2. The number of benzene rings is 2. The average molecular weight is 917 g/mol. The largest absolute Gasteiger partial charge is 0.476 e. The van der Waals surface area contributed by atoms with Crippen LogP contribution in [0, 0.1) is 34.1 Å². The fraction of sp³-hybridized carbons (Fsp3) is 0.316. The summed E-state index contributed by atoms with van der Waals surface area (Å²) in [6.07, 6.45) is -0.762. The van der Waals surface area contributed by atoms with Gasteiger partial charge in [0.05, 0.1) is 35.1 Å². The summed E-state index contributed by atoms with van der Waals surface area (Å²) in [5, 5.41) is 76.6. The fourth-order valence-electron chi connectivity index (χ4n) is 7.56. The second-order valence-corrected chi connectivity index (χ2v) is 14.9. The summed E-state index contributed by atoms with van der Waals surface area (Å²) in [6.45, 7) is 2.07. The number of aromatic amines is 2. The Morgan fingerprint density at radius 2 is 1.14 bits per heavy atom. The summed E-state index contributed by atoms with van der Waals surface area (Å²) in [6, 6.07) is 8.81. The Bertz CT molecular complexity index is 3100. The molecule has 6 atom stereocenters. The van der Waals surface area contributed by atoms with Crippen LogP contribution in [0.1, 0.15) is 69.5 Å². The molecule has 6 N–H and O–H groups in total. The van der Waals surface area contributed by atoms with Crippen LogP contribution < -0.4 is 22.5 Å². The SMILES string of the molecule is Cc1cn([C@H]2C[C@H](n3nnc(-c4ccc([N+](=O)[O-])cc4)c3C(=O)O)[C@@H](CO)O2)c(=O)[nH]c1=O.Cc1cn([C@H]2C[C@H](n3nnc(C(=O)O)c3-c3ccc([N+](=O)[O-])cc3)[C@@H](CO)O2)c(=O)[nH]c1=O. The molecule has 0 bridgehead atoms. The maximum Gasteiger partial charge on any atom is 0.358 e. The summed E-state index contributed by atoms with van der Waals surface area (Å²) < 4.78 is 16.3. The topological polar surface area (TPSA) is 391 Å². The molecule has 8 rings (SSSR count). The van der Waals surface area contributed by atoms with Gasteiger partial charge >= 0.3 is 23.3 Å². The molecule has 6 aromatic rings. The highest BCUT2D eigenvalue weighted by Crippen LogP contribution is 2.40. The van der Waals surface area contributed by atoms with Crippen molar-refractivity contribution in [2.75, 3.05) is 13.2 Å². The molecule has 6 heterocycles. The molecule has 0 radical (unpaired) electrons. The highest BCUT2D eigenvalue weighted by molar-refractivity contribution is 5.93. The van der Waals surface area contributed by atoms with E-state index in [1.54, 1.807) is 0 Å². The van der Waals surface area contributed by atoms with Gasteiger partial charge in [-0.3, -0.25) is 48.9 Å². The van der Waals surface area contributed by atoms with Crippen molar-refractivity contribution in [1.29, 1.82) is 0 Å². The van der Waals surface area contributed by atoms with Crippen molar-refractivity contribution in [3.63, 3.8) is 0 Å². The number of aliphatic hydroxyl groups is 2. The summed E-state index contributed by atoms with van der Waals surface area (Å²) in [4.78, 5) is 96.7. The molecule has 0 unspecified atom stereocenters. The molecule has 28 heteroatoms. The van der Waals surface area contributed by atoms with Gasteiger partial charge in [-0.05, 0) is 38.1 Å². The lowest BCUT2D eigenvalue weighted by molar-refractivity contribution is -0.385. The summed E-state index contributed by atoms with van der Waals surface area (Å²) >= 11 is 0. The lowest BCUT2D eigenvalue weighted by atomic mass is 10.1. The number of nitrogens with one attached hydrogen (secondary N) is 2. The third-order valence-corrected chi connectivity index (χ3v) is 10.8. The maximum absolute atomic E-state index is 12.3. The van der Waals surface area contributed by atoms with Crippen molar-refractivity contribution in [2.45, 2.75) is 63.4 Å². The number of aliphatic hydroxyl groups excluding tert-OH is 2. The quantitative estimate of drug-likeness (QED) is 0.0717. The van der Waals surface area contributed by atoms with Crippen molar-refractivity contribution in [2.24, 2.45) is 0 Å².